The zero-order valence-corrected chi connectivity index (χ0v) is 25.5. The van der Waals surface area contributed by atoms with Gasteiger partial charge in [0.1, 0.15) is 11.9 Å². The predicted molar refractivity (Wildman–Crippen MR) is 168 cm³/mol. The lowest BCUT2D eigenvalue weighted by molar-refractivity contribution is -0.141. The molecule has 2 N–H and O–H groups in total. The van der Waals surface area contributed by atoms with Gasteiger partial charge in [-0.2, -0.15) is 0 Å². The summed E-state index contributed by atoms with van der Waals surface area (Å²) in [7, 11) is -3.58. The first-order valence-corrected chi connectivity index (χ1v) is 16.3. The molecule has 1 fully saturated rings. The summed E-state index contributed by atoms with van der Waals surface area (Å²) in [4.78, 5) is 29.4. The molecule has 4 aromatic rings. The summed E-state index contributed by atoms with van der Waals surface area (Å²) in [6.07, 6.45) is 2.10. The summed E-state index contributed by atoms with van der Waals surface area (Å²) in [5.41, 5.74) is 2.94. The van der Waals surface area contributed by atoms with Crippen LogP contribution in [0.15, 0.2) is 108 Å². The molecule has 0 spiro atoms. The van der Waals surface area contributed by atoms with Gasteiger partial charge >= 0.3 is 0 Å². The highest BCUT2D eigenvalue weighted by molar-refractivity contribution is 7.89. The fourth-order valence-electron chi connectivity index (χ4n) is 4.83. The van der Waals surface area contributed by atoms with Crippen LogP contribution in [0.3, 0.4) is 0 Å². The first-order chi connectivity index (χ1) is 21.2. The van der Waals surface area contributed by atoms with E-state index in [0.29, 0.717) is 22.6 Å². The number of nitrogens with one attached hydrogen (secondary N) is 2. The van der Waals surface area contributed by atoms with Gasteiger partial charge in [0.05, 0.1) is 4.90 Å². The van der Waals surface area contributed by atoms with Crippen molar-refractivity contribution in [3.8, 4) is 0 Å². The molecule has 2 amide bonds. The predicted octanol–water partition coefficient (Wildman–Crippen LogP) is 5.94. The number of hydrogen-bond acceptors (Lipinski definition) is 4. The van der Waals surface area contributed by atoms with Gasteiger partial charge in [0, 0.05) is 30.6 Å². The highest BCUT2D eigenvalue weighted by Crippen LogP contribution is 2.26. The Bertz CT molecular complexity index is 1680. The third kappa shape index (κ3) is 8.53. The van der Waals surface area contributed by atoms with Crippen LogP contribution in [0.2, 0.25) is 5.02 Å². The summed E-state index contributed by atoms with van der Waals surface area (Å²) >= 11 is 6.01. The summed E-state index contributed by atoms with van der Waals surface area (Å²) in [6, 6.07) is 27.5. The maximum Gasteiger partial charge on any atom is 0.247 e. The zero-order chi connectivity index (χ0) is 31.1. The Morgan fingerprint density at radius 2 is 1.45 bits per heavy atom. The number of sulfonamides is 1. The van der Waals surface area contributed by atoms with Crippen molar-refractivity contribution >= 4 is 33.4 Å². The average molecular weight is 634 g/mol. The van der Waals surface area contributed by atoms with Gasteiger partial charge < -0.3 is 10.2 Å². The van der Waals surface area contributed by atoms with Crippen molar-refractivity contribution in [2.75, 3.05) is 0 Å². The molecule has 1 unspecified atom stereocenters. The van der Waals surface area contributed by atoms with Crippen LogP contribution in [0.1, 0.15) is 47.6 Å². The van der Waals surface area contributed by atoms with Gasteiger partial charge in [-0.1, -0.05) is 78.3 Å². The van der Waals surface area contributed by atoms with Gasteiger partial charge in [0.25, 0.3) is 0 Å². The van der Waals surface area contributed by atoms with Crippen molar-refractivity contribution in [2.45, 2.75) is 55.8 Å². The van der Waals surface area contributed by atoms with Crippen molar-refractivity contribution in [3.63, 3.8) is 0 Å². The Hall–Kier alpha value is -4.05. The molecule has 1 aliphatic carbocycles. The van der Waals surface area contributed by atoms with E-state index in [9.17, 15) is 22.4 Å². The molecule has 1 aliphatic rings. The van der Waals surface area contributed by atoms with Crippen LogP contribution in [0.4, 0.5) is 4.39 Å². The van der Waals surface area contributed by atoms with Crippen LogP contribution in [0.5, 0.6) is 0 Å². The lowest BCUT2D eigenvalue weighted by atomic mass is 10.0. The van der Waals surface area contributed by atoms with Gasteiger partial charge in [-0.25, -0.2) is 17.5 Å². The van der Waals surface area contributed by atoms with Crippen LogP contribution in [0, 0.1) is 5.82 Å². The highest BCUT2D eigenvalue weighted by atomic mass is 35.5. The number of aryl methyl sites for hydroxylation is 1. The third-order valence-electron chi connectivity index (χ3n) is 7.40. The lowest BCUT2D eigenvalue weighted by Crippen LogP contribution is -2.43. The summed E-state index contributed by atoms with van der Waals surface area (Å²) in [5.74, 6) is -1.04. The van der Waals surface area contributed by atoms with Crippen molar-refractivity contribution in [3.05, 3.63) is 136 Å². The van der Waals surface area contributed by atoms with E-state index in [1.165, 1.54) is 29.2 Å². The summed E-state index contributed by atoms with van der Waals surface area (Å²) in [5, 5.41) is 3.55. The van der Waals surface area contributed by atoms with E-state index in [4.69, 9.17) is 11.6 Å². The number of carbonyl (C=O) groups is 2. The molecule has 228 valence electrons. The molecule has 0 aliphatic heterocycles. The SMILES string of the molecule is O=C(NCc1ccc(Cl)cc1)C(c1ccccc1)N(Cc1ccc(F)cc1)C(=O)CCc1ccc(S(=O)(=O)NC2CC2)cc1. The van der Waals surface area contributed by atoms with E-state index in [1.807, 2.05) is 30.3 Å². The van der Waals surface area contributed by atoms with E-state index in [2.05, 4.69) is 10.0 Å². The number of hydrogen-bond donors (Lipinski definition) is 2. The van der Waals surface area contributed by atoms with Crippen LogP contribution >= 0.6 is 11.6 Å². The number of amides is 2. The first kappa shape index (κ1) is 31.4. The van der Waals surface area contributed by atoms with Crippen molar-refractivity contribution in [2.24, 2.45) is 0 Å². The highest BCUT2D eigenvalue weighted by Gasteiger charge is 2.31. The Balaban J connectivity index is 1.37. The Morgan fingerprint density at radius 3 is 2.09 bits per heavy atom. The van der Waals surface area contributed by atoms with E-state index in [-0.39, 0.29) is 42.3 Å². The molecule has 0 bridgehead atoms. The fourth-order valence-corrected chi connectivity index (χ4v) is 6.26. The van der Waals surface area contributed by atoms with Crippen LogP contribution in [0.25, 0.3) is 0 Å². The van der Waals surface area contributed by atoms with Gasteiger partial charge in [-0.05, 0) is 77.9 Å². The minimum atomic E-state index is -3.58. The standard InChI is InChI=1S/C34H33ClFN3O4S/c35-28-13-6-25(7-14-28)22-37-34(41)33(27-4-2-1-3-5-27)39(23-26-8-15-29(36)16-9-26)32(40)21-12-24-10-19-31(20-11-24)44(42,43)38-30-17-18-30/h1-11,13-16,19-20,30,33,38H,12,17-18,21-23H2,(H,37,41). The Kier molecular flexibility index (Phi) is 10.1. The largest absolute Gasteiger partial charge is 0.350 e. The van der Waals surface area contributed by atoms with Gasteiger partial charge in [-0.15, -0.1) is 0 Å². The number of halogens is 2. The molecular formula is C34H33ClFN3O4S. The molecule has 44 heavy (non-hydrogen) atoms. The number of rotatable bonds is 13. The zero-order valence-electron chi connectivity index (χ0n) is 24.0. The van der Waals surface area contributed by atoms with Crippen molar-refractivity contribution in [1.82, 2.24) is 14.9 Å². The summed E-state index contributed by atoms with van der Waals surface area (Å²) < 4.78 is 41.4. The maximum absolute atomic E-state index is 13.9. The number of nitrogens with zero attached hydrogens (tertiary/aromatic N) is 1. The van der Waals surface area contributed by atoms with Gasteiger partial charge in [0.2, 0.25) is 21.8 Å². The topological polar surface area (TPSA) is 95.6 Å². The molecule has 0 aromatic heterocycles. The molecule has 5 rings (SSSR count). The van der Waals surface area contributed by atoms with Crippen molar-refractivity contribution in [1.29, 1.82) is 0 Å². The molecular weight excluding hydrogens is 601 g/mol. The van der Waals surface area contributed by atoms with E-state index < -0.39 is 21.9 Å². The van der Waals surface area contributed by atoms with Crippen molar-refractivity contribution < 1.29 is 22.4 Å². The Morgan fingerprint density at radius 1 is 0.841 bits per heavy atom. The van der Waals surface area contributed by atoms with Crippen LogP contribution < -0.4 is 10.0 Å². The lowest BCUT2D eigenvalue weighted by Gasteiger charge is -2.32. The minimum Gasteiger partial charge on any atom is -0.350 e. The minimum absolute atomic E-state index is 0.00494. The molecule has 0 saturated heterocycles. The first-order valence-electron chi connectivity index (χ1n) is 14.4. The van der Waals surface area contributed by atoms with E-state index >= 15 is 0 Å². The molecule has 0 heterocycles. The third-order valence-corrected chi connectivity index (χ3v) is 9.19. The van der Waals surface area contributed by atoms with Gasteiger partial charge in [-0.3, -0.25) is 9.59 Å². The normalized spacial score (nSPS) is 13.7. The molecule has 1 saturated carbocycles. The number of benzene rings is 4. The number of carbonyl (C=O) groups excluding carboxylic acids is 2. The Labute approximate surface area is 262 Å². The fraction of sp³-hybridized carbons (Fsp3) is 0.235. The van der Waals surface area contributed by atoms with Crippen LogP contribution in [-0.2, 0) is 39.1 Å². The molecule has 4 aromatic carbocycles. The maximum atomic E-state index is 13.9. The second kappa shape index (κ2) is 14.2. The molecule has 1 atom stereocenters. The second-order valence-electron chi connectivity index (χ2n) is 10.8. The molecule has 10 heteroatoms. The summed E-state index contributed by atoms with van der Waals surface area (Å²) in [6.45, 7) is 0.319. The second-order valence-corrected chi connectivity index (χ2v) is 13.0. The average Bonchev–Trinajstić information content (AvgIpc) is 3.84. The monoisotopic (exact) mass is 633 g/mol. The van der Waals surface area contributed by atoms with E-state index in [1.54, 1.807) is 48.5 Å². The quantitative estimate of drug-likeness (QED) is 0.191. The molecule has 7 nitrogen and oxygen atoms in total. The van der Waals surface area contributed by atoms with Crippen LogP contribution in [-0.4, -0.2) is 31.2 Å². The smallest absolute Gasteiger partial charge is 0.247 e. The van der Waals surface area contributed by atoms with Gasteiger partial charge in [0.15, 0.2) is 0 Å². The van der Waals surface area contributed by atoms with E-state index in [0.717, 1.165) is 24.0 Å². The molecule has 0 radical (unpaired) electrons.